The third-order valence-electron chi connectivity index (χ3n) is 3.70. The van der Waals surface area contributed by atoms with Gasteiger partial charge in [0.05, 0.1) is 19.3 Å². The van der Waals surface area contributed by atoms with Crippen molar-refractivity contribution in [2.24, 2.45) is 0 Å². The molecule has 1 aromatic carbocycles. The van der Waals surface area contributed by atoms with Crippen LogP contribution in [0.1, 0.15) is 36.9 Å². The molecule has 0 amide bonds. The van der Waals surface area contributed by atoms with Crippen molar-refractivity contribution >= 4 is 0 Å². The first-order valence-corrected chi connectivity index (χ1v) is 7.20. The summed E-state index contributed by atoms with van der Waals surface area (Å²) >= 11 is 0. The van der Waals surface area contributed by atoms with Crippen LogP contribution in [0.15, 0.2) is 30.0 Å². The van der Waals surface area contributed by atoms with Gasteiger partial charge >= 0.3 is 0 Å². The number of nitrogens with one attached hydrogen (secondary N) is 1. The van der Waals surface area contributed by atoms with Crippen LogP contribution < -0.4 is 10.1 Å². The molecule has 2 aliphatic rings. The lowest BCUT2D eigenvalue weighted by atomic mass is 9.99. The van der Waals surface area contributed by atoms with Gasteiger partial charge in [-0.3, -0.25) is 0 Å². The molecule has 1 N–H and O–H groups in total. The van der Waals surface area contributed by atoms with Gasteiger partial charge in [-0.25, -0.2) is 0 Å². The second-order valence-corrected chi connectivity index (χ2v) is 5.05. The first kappa shape index (κ1) is 12.5. The Morgan fingerprint density at radius 1 is 1.26 bits per heavy atom. The number of rotatable bonds is 4. The number of hydrogen-bond acceptors (Lipinski definition) is 3. The zero-order chi connectivity index (χ0) is 13.1. The molecule has 3 rings (SSSR count). The largest absolute Gasteiger partial charge is 0.496 e. The van der Waals surface area contributed by atoms with Gasteiger partial charge in [-0.05, 0) is 48.7 Å². The minimum atomic E-state index is 0.177. The molecule has 3 heteroatoms. The van der Waals surface area contributed by atoms with E-state index in [2.05, 4.69) is 36.5 Å². The Morgan fingerprint density at radius 2 is 2.21 bits per heavy atom. The standard InChI is InChI=1S/C16H21NO2/c1-2-17-16(15-5-3-4-9-18-15)13-6-7-14-12(11-13)8-10-19-14/h5-7,11,16-17H,2-4,8-10H2,1H3. The highest BCUT2D eigenvalue weighted by Crippen LogP contribution is 2.32. The molecule has 0 aromatic heterocycles. The van der Waals surface area contributed by atoms with Gasteiger partial charge in [0, 0.05) is 6.42 Å². The zero-order valence-corrected chi connectivity index (χ0v) is 11.4. The molecule has 3 nitrogen and oxygen atoms in total. The summed E-state index contributed by atoms with van der Waals surface area (Å²) in [5.74, 6) is 2.12. The van der Waals surface area contributed by atoms with E-state index < -0.39 is 0 Å². The first-order valence-electron chi connectivity index (χ1n) is 7.20. The highest BCUT2D eigenvalue weighted by atomic mass is 16.5. The van der Waals surface area contributed by atoms with Crippen LogP contribution in [0.25, 0.3) is 0 Å². The normalized spacial score (nSPS) is 19.1. The molecule has 19 heavy (non-hydrogen) atoms. The van der Waals surface area contributed by atoms with Gasteiger partial charge in [-0.15, -0.1) is 0 Å². The maximum atomic E-state index is 5.83. The van der Waals surface area contributed by atoms with Gasteiger partial charge in [0.15, 0.2) is 0 Å². The molecule has 0 radical (unpaired) electrons. The Morgan fingerprint density at radius 3 is 3.00 bits per heavy atom. The van der Waals surface area contributed by atoms with Crippen LogP contribution in [0, 0.1) is 0 Å². The number of benzene rings is 1. The average molecular weight is 259 g/mol. The van der Waals surface area contributed by atoms with Crippen molar-refractivity contribution in [1.29, 1.82) is 0 Å². The van der Waals surface area contributed by atoms with E-state index in [0.717, 1.165) is 50.5 Å². The summed E-state index contributed by atoms with van der Waals surface area (Å²) < 4.78 is 11.4. The maximum absolute atomic E-state index is 5.83. The second-order valence-electron chi connectivity index (χ2n) is 5.05. The third-order valence-corrected chi connectivity index (χ3v) is 3.70. The van der Waals surface area contributed by atoms with Crippen LogP contribution in [-0.2, 0) is 11.2 Å². The second kappa shape index (κ2) is 5.66. The molecule has 1 unspecified atom stereocenters. The zero-order valence-electron chi connectivity index (χ0n) is 11.4. The number of fused-ring (bicyclic) bond motifs is 1. The highest BCUT2D eigenvalue weighted by Gasteiger charge is 2.21. The molecule has 2 heterocycles. The molecule has 1 aromatic rings. The fraction of sp³-hybridized carbons (Fsp3) is 0.500. The SMILES string of the molecule is CCNC(C1=CCCCO1)c1ccc2c(c1)CCO2. The minimum Gasteiger partial charge on any atom is -0.496 e. The molecule has 0 bridgehead atoms. The van der Waals surface area contributed by atoms with E-state index >= 15 is 0 Å². The number of likely N-dealkylation sites (N-methyl/N-ethyl adjacent to an activating group) is 1. The van der Waals surface area contributed by atoms with Gasteiger partial charge in [0.1, 0.15) is 11.5 Å². The van der Waals surface area contributed by atoms with Gasteiger partial charge in [0.2, 0.25) is 0 Å². The Hall–Kier alpha value is -1.48. The maximum Gasteiger partial charge on any atom is 0.122 e. The Kier molecular flexibility index (Phi) is 3.74. The molecule has 0 saturated heterocycles. The first-order chi connectivity index (χ1) is 9.38. The lowest BCUT2D eigenvalue weighted by Crippen LogP contribution is -2.25. The molecule has 102 valence electrons. The summed E-state index contributed by atoms with van der Waals surface area (Å²) in [5.41, 5.74) is 2.59. The van der Waals surface area contributed by atoms with Gasteiger partial charge in [-0.2, -0.15) is 0 Å². The van der Waals surface area contributed by atoms with Crippen molar-refractivity contribution in [2.75, 3.05) is 19.8 Å². The molecule has 0 aliphatic carbocycles. The predicted octanol–water partition coefficient (Wildman–Crippen LogP) is 2.97. The van der Waals surface area contributed by atoms with E-state index in [-0.39, 0.29) is 6.04 Å². The fourth-order valence-electron chi connectivity index (χ4n) is 2.75. The smallest absolute Gasteiger partial charge is 0.122 e. The van der Waals surface area contributed by atoms with Crippen molar-refractivity contribution in [2.45, 2.75) is 32.2 Å². The number of hydrogen-bond donors (Lipinski definition) is 1. The van der Waals surface area contributed by atoms with Crippen LogP contribution in [0.4, 0.5) is 0 Å². The van der Waals surface area contributed by atoms with Crippen LogP contribution >= 0.6 is 0 Å². The molecule has 1 atom stereocenters. The van der Waals surface area contributed by atoms with E-state index in [4.69, 9.17) is 9.47 Å². The van der Waals surface area contributed by atoms with E-state index in [1.54, 1.807) is 0 Å². The van der Waals surface area contributed by atoms with Crippen molar-refractivity contribution < 1.29 is 9.47 Å². The lowest BCUT2D eigenvalue weighted by molar-refractivity contribution is 0.168. The van der Waals surface area contributed by atoms with Crippen LogP contribution in [-0.4, -0.2) is 19.8 Å². The molecule has 0 saturated carbocycles. The summed E-state index contributed by atoms with van der Waals surface area (Å²) in [4.78, 5) is 0. The third kappa shape index (κ3) is 2.61. The molecule has 0 spiro atoms. The minimum absolute atomic E-state index is 0.177. The molecular weight excluding hydrogens is 238 g/mol. The summed E-state index contributed by atoms with van der Waals surface area (Å²) in [6, 6.07) is 6.67. The summed E-state index contributed by atoms with van der Waals surface area (Å²) in [6.45, 7) is 4.71. The summed E-state index contributed by atoms with van der Waals surface area (Å²) in [6.07, 6.45) is 5.48. The Labute approximate surface area is 114 Å². The van der Waals surface area contributed by atoms with E-state index in [0.29, 0.717) is 0 Å². The number of ether oxygens (including phenoxy) is 2. The van der Waals surface area contributed by atoms with Crippen LogP contribution in [0.2, 0.25) is 0 Å². The van der Waals surface area contributed by atoms with Crippen molar-refractivity contribution in [3.8, 4) is 5.75 Å². The van der Waals surface area contributed by atoms with Gasteiger partial charge in [0.25, 0.3) is 0 Å². The van der Waals surface area contributed by atoms with E-state index in [1.165, 1.54) is 11.1 Å². The summed E-state index contributed by atoms with van der Waals surface area (Å²) in [7, 11) is 0. The van der Waals surface area contributed by atoms with Crippen molar-refractivity contribution in [3.63, 3.8) is 0 Å². The quantitative estimate of drug-likeness (QED) is 0.901. The highest BCUT2D eigenvalue weighted by molar-refractivity contribution is 5.42. The van der Waals surface area contributed by atoms with Crippen molar-refractivity contribution in [1.82, 2.24) is 5.32 Å². The van der Waals surface area contributed by atoms with Crippen LogP contribution in [0.5, 0.6) is 5.75 Å². The van der Waals surface area contributed by atoms with Gasteiger partial charge in [-0.1, -0.05) is 13.0 Å². The van der Waals surface area contributed by atoms with Crippen LogP contribution in [0.3, 0.4) is 0 Å². The van der Waals surface area contributed by atoms with Gasteiger partial charge < -0.3 is 14.8 Å². The average Bonchev–Trinajstić information content (AvgIpc) is 2.93. The van der Waals surface area contributed by atoms with E-state index in [1.807, 2.05) is 0 Å². The molecule has 0 fully saturated rings. The molecule has 2 aliphatic heterocycles. The Bertz CT molecular complexity index is 482. The Balaban J connectivity index is 1.89. The monoisotopic (exact) mass is 259 g/mol. The van der Waals surface area contributed by atoms with Crippen molar-refractivity contribution in [3.05, 3.63) is 41.2 Å². The predicted molar refractivity (Wildman–Crippen MR) is 75.3 cm³/mol. The molecular formula is C16H21NO2. The topological polar surface area (TPSA) is 30.5 Å². The van der Waals surface area contributed by atoms with E-state index in [9.17, 15) is 0 Å². The summed E-state index contributed by atoms with van der Waals surface area (Å²) in [5, 5.41) is 3.53. The lowest BCUT2D eigenvalue weighted by Gasteiger charge is -2.25. The number of allylic oxidation sites excluding steroid dienone is 1. The fourth-order valence-corrected chi connectivity index (χ4v) is 2.75.